The number of nitro benzene ring substituents is 1. The molecule has 0 aliphatic heterocycles. The maximum atomic E-state index is 12.5. The number of rotatable bonds is 7. The van der Waals surface area contributed by atoms with E-state index in [0.29, 0.717) is 19.0 Å². The van der Waals surface area contributed by atoms with Gasteiger partial charge in [0, 0.05) is 12.6 Å². The summed E-state index contributed by atoms with van der Waals surface area (Å²) in [5, 5.41) is 16.7. The number of hydrogen-bond acceptors (Lipinski definition) is 4. The van der Waals surface area contributed by atoms with Crippen LogP contribution in [-0.2, 0) is 6.18 Å². The number of alkyl halides is 3. The molecule has 0 saturated carbocycles. The molecular weight excluding hydrogens is 275 g/mol. The fourth-order valence-electron chi connectivity index (χ4n) is 1.62. The predicted molar refractivity (Wildman–Crippen MR) is 69.7 cm³/mol. The maximum absolute atomic E-state index is 12.5. The largest absolute Gasteiger partial charge is 0.416 e. The van der Waals surface area contributed by atoms with Crippen molar-refractivity contribution in [1.29, 1.82) is 0 Å². The van der Waals surface area contributed by atoms with Crippen LogP contribution in [0.5, 0.6) is 0 Å². The van der Waals surface area contributed by atoms with Gasteiger partial charge in [0.05, 0.1) is 10.5 Å². The van der Waals surface area contributed by atoms with E-state index in [-0.39, 0.29) is 5.69 Å². The topological polar surface area (TPSA) is 67.2 Å². The monoisotopic (exact) mass is 291 g/mol. The first-order chi connectivity index (χ1) is 9.36. The van der Waals surface area contributed by atoms with E-state index in [0.717, 1.165) is 25.2 Å². The zero-order chi connectivity index (χ0) is 15.2. The summed E-state index contributed by atoms with van der Waals surface area (Å²) in [6, 6.07) is 2.47. The van der Waals surface area contributed by atoms with Gasteiger partial charge in [-0.25, -0.2) is 0 Å². The van der Waals surface area contributed by atoms with Crippen molar-refractivity contribution >= 4 is 11.4 Å². The molecule has 0 unspecified atom stereocenters. The molecule has 0 bridgehead atoms. The van der Waals surface area contributed by atoms with Crippen molar-refractivity contribution in [2.45, 2.75) is 19.5 Å². The third-order valence-electron chi connectivity index (χ3n) is 2.62. The van der Waals surface area contributed by atoms with Gasteiger partial charge in [-0.1, -0.05) is 6.92 Å². The molecule has 1 aromatic rings. The van der Waals surface area contributed by atoms with Crippen LogP contribution in [0.15, 0.2) is 18.2 Å². The lowest BCUT2D eigenvalue weighted by Crippen LogP contribution is -2.17. The van der Waals surface area contributed by atoms with Crippen molar-refractivity contribution in [2.75, 3.05) is 25.0 Å². The van der Waals surface area contributed by atoms with Gasteiger partial charge in [-0.3, -0.25) is 10.1 Å². The van der Waals surface area contributed by atoms with E-state index in [2.05, 4.69) is 10.6 Å². The normalized spacial score (nSPS) is 11.4. The fourth-order valence-corrected chi connectivity index (χ4v) is 1.62. The molecule has 0 fully saturated rings. The molecule has 0 heterocycles. The summed E-state index contributed by atoms with van der Waals surface area (Å²) in [6.07, 6.45) is -3.87. The van der Waals surface area contributed by atoms with Crippen LogP contribution in [0, 0.1) is 10.1 Å². The molecule has 0 amide bonds. The van der Waals surface area contributed by atoms with Gasteiger partial charge in [0.2, 0.25) is 0 Å². The van der Waals surface area contributed by atoms with Crippen molar-refractivity contribution in [3.63, 3.8) is 0 Å². The van der Waals surface area contributed by atoms with Crippen molar-refractivity contribution in [2.24, 2.45) is 0 Å². The predicted octanol–water partition coefficient (Wildman–Crippen LogP) is 3.03. The van der Waals surface area contributed by atoms with Crippen LogP contribution in [-0.4, -0.2) is 24.6 Å². The van der Waals surface area contributed by atoms with Crippen LogP contribution >= 0.6 is 0 Å². The highest BCUT2D eigenvalue weighted by Crippen LogP contribution is 2.34. The van der Waals surface area contributed by atoms with E-state index < -0.39 is 22.4 Å². The average molecular weight is 291 g/mol. The van der Waals surface area contributed by atoms with Crippen LogP contribution < -0.4 is 10.6 Å². The first kappa shape index (κ1) is 16.2. The smallest absolute Gasteiger partial charge is 0.379 e. The molecule has 5 nitrogen and oxygen atoms in total. The Hall–Kier alpha value is -1.83. The van der Waals surface area contributed by atoms with E-state index in [9.17, 15) is 23.3 Å². The minimum Gasteiger partial charge on any atom is -0.379 e. The Balaban J connectivity index is 2.78. The van der Waals surface area contributed by atoms with Gasteiger partial charge < -0.3 is 10.6 Å². The third-order valence-corrected chi connectivity index (χ3v) is 2.62. The second-order valence-electron chi connectivity index (χ2n) is 4.12. The summed E-state index contributed by atoms with van der Waals surface area (Å²) in [7, 11) is 0. The molecule has 2 N–H and O–H groups in total. The van der Waals surface area contributed by atoms with Crippen molar-refractivity contribution in [3.8, 4) is 0 Å². The Morgan fingerprint density at radius 1 is 1.30 bits per heavy atom. The zero-order valence-electron chi connectivity index (χ0n) is 11.0. The summed E-state index contributed by atoms with van der Waals surface area (Å²) in [5.74, 6) is 0. The number of nitrogens with one attached hydrogen (secondary N) is 2. The second kappa shape index (κ2) is 7.09. The molecule has 8 heteroatoms. The number of anilines is 1. The highest BCUT2D eigenvalue weighted by molar-refractivity contribution is 5.62. The lowest BCUT2D eigenvalue weighted by Gasteiger charge is -2.10. The van der Waals surface area contributed by atoms with Crippen LogP contribution in [0.25, 0.3) is 0 Å². The highest BCUT2D eigenvalue weighted by Gasteiger charge is 2.32. The molecular formula is C12H16F3N3O2. The summed E-state index contributed by atoms with van der Waals surface area (Å²) < 4.78 is 37.5. The van der Waals surface area contributed by atoms with E-state index in [4.69, 9.17) is 0 Å². The number of nitrogens with zero attached hydrogens (tertiary/aromatic N) is 1. The van der Waals surface area contributed by atoms with Crippen molar-refractivity contribution in [3.05, 3.63) is 33.9 Å². The molecule has 20 heavy (non-hydrogen) atoms. The van der Waals surface area contributed by atoms with Gasteiger partial charge >= 0.3 is 6.18 Å². The quantitative estimate of drug-likeness (QED) is 0.460. The standard InChI is InChI=1S/C12H16F3N3O2/c1-2-16-6-3-7-17-10-5-4-9(12(13,14)15)8-11(10)18(19)20/h4-5,8,16-17H,2-3,6-7H2,1H3. The SMILES string of the molecule is CCNCCCNc1ccc(C(F)(F)F)cc1[N+](=O)[O-]. The Labute approximate surface area is 114 Å². The maximum Gasteiger partial charge on any atom is 0.416 e. The Kier molecular flexibility index (Phi) is 5.75. The Bertz CT molecular complexity index is 464. The summed E-state index contributed by atoms with van der Waals surface area (Å²) in [5.41, 5.74) is -1.50. The molecule has 0 radical (unpaired) electrons. The lowest BCUT2D eigenvalue weighted by atomic mass is 10.1. The van der Waals surface area contributed by atoms with Crippen molar-refractivity contribution < 1.29 is 18.1 Å². The van der Waals surface area contributed by atoms with Gasteiger partial charge in [-0.15, -0.1) is 0 Å². The number of nitro groups is 1. The van der Waals surface area contributed by atoms with Gasteiger partial charge in [0.1, 0.15) is 5.69 Å². The van der Waals surface area contributed by atoms with E-state index in [1.165, 1.54) is 0 Å². The lowest BCUT2D eigenvalue weighted by molar-refractivity contribution is -0.384. The Morgan fingerprint density at radius 3 is 2.55 bits per heavy atom. The van der Waals surface area contributed by atoms with E-state index in [1.807, 2.05) is 6.92 Å². The van der Waals surface area contributed by atoms with Gasteiger partial charge in [-0.2, -0.15) is 13.2 Å². The summed E-state index contributed by atoms with van der Waals surface area (Å²) in [6.45, 7) is 3.95. The zero-order valence-corrected chi connectivity index (χ0v) is 11.0. The first-order valence-corrected chi connectivity index (χ1v) is 6.16. The fraction of sp³-hybridized carbons (Fsp3) is 0.500. The minimum atomic E-state index is -4.59. The molecule has 0 aromatic heterocycles. The molecule has 0 aliphatic rings. The second-order valence-corrected chi connectivity index (χ2v) is 4.12. The van der Waals surface area contributed by atoms with Gasteiger partial charge in [0.15, 0.2) is 0 Å². The van der Waals surface area contributed by atoms with Crippen molar-refractivity contribution in [1.82, 2.24) is 5.32 Å². The van der Waals surface area contributed by atoms with Gasteiger partial charge in [0.25, 0.3) is 5.69 Å². The van der Waals surface area contributed by atoms with Crippen LogP contribution in [0.2, 0.25) is 0 Å². The molecule has 1 rings (SSSR count). The van der Waals surface area contributed by atoms with Gasteiger partial charge in [-0.05, 0) is 31.6 Å². The van der Waals surface area contributed by atoms with Crippen LogP contribution in [0.4, 0.5) is 24.5 Å². The Morgan fingerprint density at radius 2 is 2.00 bits per heavy atom. The molecule has 0 atom stereocenters. The third kappa shape index (κ3) is 4.69. The molecule has 0 aliphatic carbocycles. The average Bonchev–Trinajstić information content (AvgIpc) is 2.37. The summed E-state index contributed by atoms with van der Waals surface area (Å²) in [4.78, 5) is 10.0. The molecule has 112 valence electrons. The minimum absolute atomic E-state index is 0.0968. The van der Waals surface area contributed by atoms with E-state index >= 15 is 0 Å². The van der Waals surface area contributed by atoms with Crippen LogP contribution in [0.3, 0.4) is 0 Å². The first-order valence-electron chi connectivity index (χ1n) is 6.16. The number of benzene rings is 1. The number of hydrogen-bond donors (Lipinski definition) is 2. The van der Waals surface area contributed by atoms with E-state index in [1.54, 1.807) is 0 Å². The number of halogens is 3. The molecule has 1 aromatic carbocycles. The van der Waals surface area contributed by atoms with Crippen LogP contribution in [0.1, 0.15) is 18.9 Å². The highest BCUT2D eigenvalue weighted by atomic mass is 19.4. The molecule has 0 spiro atoms. The summed E-state index contributed by atoms with van der Waals surface area (Å²) >= 11 is 0. The molecule has 0 saturated heterocycles.